The summed E-state index contributed by atoms with van der Waals surface area (Å²) in [6.07, 6.45) is 9.88. The van der Waals surface area contributed by atoms with E-state index in [1.165, 1.54) is 43.6 Å². The second kappa shape index (κ2) is 11.3. The highest BCUT2D eigenvalue weighted by Gasteiger charge is 2.30. The van der Waals surface area contributed by atoms with E-state index in [2.05, 4.69) is 25.1 Å². The molecule has 0 radical (unpaired) electrons. The summed E-state index contributed by atoms with van der Waals surface area (Å²) in [4.78, 5) is 26.0. The van der Waals surface area contributed by atoms with Crippen LogP contribution < -0.4 is 10.2 Å². The zero-order valence-corrected chi connectivity index (χ0v) is 20.7. The van der Waals surface area contributed by atoms with Crippen molar-refractivity contribution in [1.82, 2.24) is 20.2 Å². The molecule has 0 bridgehead atoms. The van der Waals surface area contributed by atoms with E-state index < -0.39 is 11.6 Å². The fraction of sp³-hybridized carbons (Fsp3) is 0.640. The van der Waals surface area contributed by atoms with Crippen molar-refractivity contribution in [2.75, 3.05) is 44.3 Å². The minimum Gasteiger partial charge on any atom is -0.381 e. The summed E-state index contributed by atoms with van der Waals surface area (Å²) in [5.41, 5.74) is 0.000916. The van der Waals surface area contributed by atoms with Gasteiger partial charge in [-0.25, -0.2) is 13.8 Å². The van der Waals surface area contributed by atoms with Crippen LogP contribution in [-0.2, 0) is 11.3 Å². The maximum absolute atomic E-state index is 13.7. The number of piperidine rings is 2. The average Bonchev–Trinajstić information content (AvgIpc) is 3.56. The van der Waals surface area contributed by atoms with Gasteiger partial charge in [-0.3, -0.25) is 14.7 Å². The van der Waals surface area contributed by atoms with E-state index in [9.17, 15) is 13.6 Å². The first-order valence-corrected chi connectivity index (χ1v) is 13.5. The summed E-state index contributed by atoms with van der Waals surface area (Å²) in [5.74, 6) is -0.377. The number of rotatable bonds is 9. The first kappa shape index (κ1) is 24.5. The molecule has 1 atom stereocenters. The number of nitrogens with zero attached hydrogens (tertiary/aromatic N) is 4. The molecule has 1 saturated carbocycles. The van der Waals surface area contributed by atoms with Crippen molar-refractivity contribution >= 4 is 22.4 Å². The smallest absolute Gasteiger partial charge is 0.263 e. The number of thiazole rings is 1. The highest BCUT2D eigenvalue weighted by atomic mass is 32.1. The second-order valence-electron chi connectivity index (χ2n) is 9.97. The number of amides is 1. The number of carbonyl (C=O) groups excluding carboxylic acids is 1. The lowest BCUT2D eigenvalue weighted by Gasteiger charge is -2.42. The molecule has 4 heterocycles. The Morgan fingerprint density at radius 1 is 1.06 bits per heavy atom. The third kappa shape index (κ3) is 6.54. The van der Waals surface area contributed by atoms with Crippen LogP contribution in [0.1, 0.15) is 53.9 Å². The van der Waals surface area contributed by atoms with Crippen LogP contribution in [0.4, 0.5) is 13.9 Å². The predicted molar refractivity (Wildman–Crippen MR) is 131 cm³/mol. The van der Waals surface area contributed by atoms with Gasteiger partial charge < -0.3 is 15.0 Å². The lowest BCUT2D eigenvalue weighted by molar-refractivity contribution is 0.0375. The molecular formula is C25H33F2N5O2S. The van der Waals surface area contributed by atoms with Gasteiger partial charge in [-0.1, -0.05) is 11.3 Å². The average molecular weight is 506 g/mol. The summed E-state index contributed by atoms with van der Waals surface area (Å²) in [5, 5.41) is 3.48. The Morgan fingerprint density at radius 3 is 2.63 bits per heavy atom. The number of likely N-dealkylation sites (tertiary alicyclic amines) is 1. The molecule has 0 aromatic carbocycles. The molecule has 10 heteroatoms. The molecule has 0 spiro atoms. The third-order valence-electron chi connectivity index (χ3n) is 7.22. The Kier molecular flexibility index (Phi) is 7.89. The predicted octanol–water partition coefficient (Wildman–Crippen LogP) is 3.85. The van der Waals surface area contributed by atoms with Gasteiger partial charge in [-0.05, 0) is 56.9 Å². The summed E-state index contributed by atoms with van der Waals surface area (Å²) in [7, 11) is 0. The number of hydrogen-bond acceptors (Lipinski definition) is 7. The van der Waals surface area contributed by atoms with Crippen molar-refractivity contribution in [2.24, 2.45) is 11.8 Å². The Labute approximate surface area is 208 Å². The fourth-order valence-corrected chi connectivity index (χ4v) is 5.90. The van der Waals surface area contributed by atoms with Crippen molar-refractivity contribution in [3.63, 3.8) is 0 Å². The van der Waals surface area contributed by atoms with Crippen LogP contribution in [0.25, 0.3) is 0 Å². The largest absolute Gasteiger partial charge is 0.381 e. The standard InChI is InChI=1S/C25H33F2N5O2S/c26-19-10-21(27)22(28-11-19)12-29-24(33)23-13-30-25(35-23)31-8-5-20(6-9-31)32-7-1-2-18(14-32)16-34-15-17-3-4-17/h10-11,13,17-18,20H,1-9,12,14-16H2,(H,29,33)/t18-/m1/s1. The van der Waals surface area contributed by atoms with E-state index in [-0.39, 0.29) is 18.1 Å². The van der Waals surface area contributed by atoms with Gasteiger partial charge in [0.25, 0.3) is 5.91 Å². The topological polar surface area (TPSA) is 70.6 Å². The van der Waals surface area contributed by atoms with Crippen molar-refractivity contribution in [2.45, 2.75) is 51.1 Å². The van der Waals surface area contributed by atoms with Crippen molar-refractivity contribution in [1.29, 1.82) is 0 Å². The van der Waals surface area contributed by atoms with E-state index in [0.29, 0.717) is 16.8 Å². The number of ether oxygens (including phenoxy) is 1. The fourth-order valence-electron chi connectivity index (χ4n) is 5.01. The summed E-state index contributed by atoms with van der Waals surface area (Å²) in [6.45, 7) is 5.90. The van der Waals surface area contributed by atoms with Gasteiger partial charge in [0, 0.05) is 38.3 Å². The molecule has 1 amide bonds. The zero-order valence-electron chi connectivity index (χ0n) is 19.9. The van der Waals surface area contributed by atoms with E-state index in [1.807, 2.05) is 0 Å². The number of anilines is 1. The van der Waals surface area contributed by atoms with E-state index in [1.54, 1.807) is 6.20 Å². The molecule has 1 N–H and O–H groups in total. The molecular weight excluding hydrogens is 472 g/mol. The molecule has 5 rings (SSSR count). The Balaban J connectivity index is 1.07. The molecule has 7 nitrogen and oxygen atoms in total. The van der Waals surface area contributed by atoms with E-state index in [0.717, 1.165) is 69.0 Å². The maximum Gasteiger partial charge on any atom is 0.263 e. The van der Waals surface area contributed by atoms with E-state index >= 15 is 0 Å². The first-order chi connectivity index (χ1) is 17.0. The molecule has 2 saturated heterocycles. The van der Waals surface area contributed by atoms with Gasteiger partial charge in [0.1, 0.15) is 16.5 Å². The number of hydrogen-bond donors (Lipinski definition) is 1. The van der Waals surface area contributed by atoms with Crippen molar-refractivity contribution < 1.29 is 18.3 Å². The van der Waals surface area contributed by atoms with Gasteiger partial charge in [-0.15, -0.1) is 0 Å². The molecule has 190 valence electrons. The minimum absolute atomic E-state index is 0.000916. The van der Waals surface area contributed by atoms with Crippen LogP contribution in [-0.4, -0.2) is 66.2 Å². The molecule has 2 aromatic heterocycles. The van der Waals surface area contributed by atoms with Crippen LogP contribution >= 0.6 is 11.3 Å². The quantitative estimate of drug-likeness (QED) is 0.558. The van der Waals surface area contributed by atoms with E-state index in [4.69, 9.17) is 4.74 Å². The van der Waals surface area contributed by atoms with Crippen LogP contribution in [0.5, 0.6) is 0 Å². The highest BCUT2D eigenvalue weighted by Crippen LogP contribution is 2.31. The number of pyridine rings is 1. The first-order valence-electron chi connectivity index (χ1n) is 12.7. The van der Waals surface area contributed by atoms with Gasteiger partial charge >= 0.3 is 0 Å². The third-order valence-corrected chi connectivity index (χ3v) is 8.28. The molecule has 2 aliphatic heterocycles. The number of halogens is 2. The molecule has 1 aliphatic carbocycles. The molecule has 3 aliphatic rings. The number of carbonyl (C=O) groups is 1. The van der Waals surface area contributed by atoms with Gasteiger partial charge in [0.05, 0.1) is 31.2 Å². The van der Waals surface area contributed by atoms with Crippen LogP contribution in [0.15, 0.2) is 18.5 Å². The van der Waals surface area contributed by atoms with Crippen LogP contribution in [0.3, 0.4) is 0 Å². The highest BCUT2D eigenvalue weighted by molar-refractivity contribution is 7.17. The van der Waals surface area contributed by atoms with Crippen molar-refractivity contribution in [3.05, 3.63) is 40.7 Å². The van der Waals surface area contributed by atoms with Crippen molar-refractivity contribution in [3.8, 4) is 0 Å². The zero-order chi connectivity index (χ0) is 24.2. The summed E-state index contributed by atoms with van der Waals surface area (Å²) < 4.78 is 32.7. The molecule has 35 heavy (non-hydrogen) atoms. The second-order valence-corrected chi connectivity index (χ2v) is 11.0. The number of nitrogens with one attached hydrogen (secondary N) is 1. The normalized spacial score (nSPS) is 21.9. The lowest BCUT2D eigenvalue weighted by atomic mass is 9.94. The van der Waals surface area contributed by atoms with Crippen LogP contribution in [0, 0.1) is 23.5 Å². The SMILES string of the molecule is O=C(NCc1ncc(F)cc1F)c1cnc(N2CCC(N3CCC[C@@H](COCC4CC4)C3)CC2)s1. The summed E-state index contributed by atoms with van der Waals surface area (Å²) in [6, 6.07) is 1.36. The minimum atomic E-state index is -0.774. The molecule has 3 fully saturated rings. The Hall–Kier alpha value is -2.17. The van der Waals surface area contributed by atoms with Gasteiger partial charge in [-0.2, -0.15) is 0 Å². The lowest BCUT2D eigenvalue weighted by Crippen LogP contribution is -2.49. The molecule has 2 aromatic rings. The Morgan fingerprint density at radius 2 is 1.86 bits per heavy atom. The maximum atomic E-state index is 13.7. The van der Waals surface area contributed by atoms with Gasteiger partial charge in [0.15, 0.2) is 5.13 Å². The Bertz CT molecular complexity index is 1010. The van der Waals surface area contributed by atoms with Gasteiger partial charge in [0.2, 0.25) is 0 Å². The monoisotopic (exact) mass is 505 g/mol. The molecule has 0 unspecified atom stereocenters. The summed E-state index contributed by atoms with van der Waals surface area (Å²) >= 11 is 1.34. The van der Waals surface area contributed by atoms with Crippen LogP contribution in [0.2, 0.25) is 0 Å². The number of aromatic nitrogens is 2.